The Hall–Kier alpha value is -2.78. The standard InChI is InChI=1S/C21H26N4O4S/c1-21(2,3)17-8-6-16(7-9-17)15-22-23-19-11-10-18(14-20(19)25(26)27)30(28,29)24-12-4-5-13-24/h6-11,14-15,23H,4-5,12-13H2,1-3H3/b22-15-. The average molecular weight is 431 g/mol. The highest BCUT2D eigenvalue weighted by Gasteiger charge is 2.29. The van der Waals surface area contributed by atoms with Crippen molar-refractivity contribution in [1.82, 2.24) is 4.31 Å². The minimum absolute atomic E-state index is 0.0473. The van der Waals surface area contributed by atoms with Gasteiger partial charge in [0.05, 0.1) is 16.0 Å². The number of benzene rings is 2. The number of nitro groups is 1. The first kappa shape index (κ1) is 21.9. The summed E-state index contributed by atoms with van der Waals surface area (Å²) in [6.45, 7) is 7.27. The molecule has 0 spiro atoms. The van der Waals surface area contributed by atoms with Gasteiger partial charge in [-0.05, 0) is 41.5 Å². The third kappa shape index (κ3) is 4.85. The summed E-state index contributed by atoms with van der Waals surface area (Å²) in [6.07, 6.45) is 3.16. The fourth-order valence-electron chi connectivity index (χ4n) is 3.24. The summed E-state index contributed by atoms with van der Waals surface area (Å²) in [6, 6.07) is 11.7. The minimum Gasteiger partial charge on any atom is -0.272 e. The van der Waals surface area contributed by atoms with Gasteiger partial charge in [-0.25, -0.2) is 8.42 Å². The van der Waals surface area contributed by atoms with Gasteiger partial charge in [-0.2, -0.15) is 9.41 Å². The minimum atomic E-state index is -3.73. The molecular formula is C21H26N4O4S. The van der Waals surface area contributed by atoms with Gasteiger partial charge in [0, 0.05) is 19.2 Å². The van der Waals surface area contributed by atoms with E-state index < -0.39 is 14.9 Å². The Bertz CT molecular complexity index is 1050. The Balaban J connectivity index is 1.79. The molecular weight excluding hydrogens is 404 g/mol. The molecule has 1 aliphatic rings. The Kier molecular flexibility index (Phi) is 6.23. The van der Waals surface area contributed by atoms with Crippen molar-refractivity contribution in [2.45, 2.75) is 43.9 Å². The summed E-state index contributed by atoms with van der Waals surface area (Å²) >= 11 is 0. The van der Waals surface area contributed by atoms with Gasteiger partial charge in [0.1, 0.15) is 5.69 Å². The number of nitrogens with one attached hydrogen (secondary N) is 1. The van der Waals surface area contributed by atoms with Crippen LogP contribution in [-0.2, 0) is 15.4 Å². The molecule has 0 bridgehead atoms. The van der Waals surface area contributed by atoms with Crippen molar-refractivity contribution in [3.05, 3.63) is 63.7 Å². The maximum atomic E-state index is 12.7. The predicted molar refractivity (Wildman–Crippen MR) is 117 cm³/mol. The summed E-state index contributed by atoms with van der Waals surface area (Å²) in [7, 11) is -3.73. The van der Waals surface area contributed by atoms with Crippen molar-refractivity contribution in [3.63, 3.8) is 0 Å². The Morgan fingerprint density at radius 1 is 1.10 bits per heavy atom. The first-order chi connectivity index (χ1) is 14.1. The van der Waals surface area contributed by atoms with E-state index in [1.807, 2.05) is 24.3 Å². The molecule has 9 heteroatoms. The molecule has 0 aliphatic carbocycles. The molecule has 3 rings (SSSR count). The summed E-state index contributed by atoms with van der Waals surface area (Å²) in [4.78, 5) is 10.8. The van der Waals surface area contributed by atoms with E-state index in [0.717, 1.165) is 24.5 Å². The van der Waals surface area contributed by atoms with E-state index in [-0.39, 0.29) is 21.7 Å². The van der Waals surface area contributed by atoms with E-state index in [9.17, 15) is 18.5 Å². The highest BCUT2D eigenvalue weighted by atomic mass is 32.2. The lowest BCUT2D eigenvalue weighted by atomic mass is 9.87. The fourth-order valence-corrected chi connectivity index (χ4v) is 4.78. The summed E-state index contributed by atoms with van der Waals surface area (Å²) in [5.41, 5.74) is 4.52. The third-order valence-corrected chi connectivity index (χ3v) is 6.94. The first-order valence-corrected chi connectivity index (χ1v) is 11.2. The number of hydrogen-bond acceptors (Lipinski definition) is 6. The van der Waals surface area contributed by atoms with Crippen LogP contribution in [-0.4, -0.2) is 37.0 Å². The SMILES string of the molecule is CC(C)(C)c1ccc(/C=N\Nc2ccc(S(=O)(=O)N3CCCC3)cc2[N+](=O)[O-])cc1. The van der Waals surface area contributed by atoms with Gasteiger partial charge in [0.15, 0.2) is 0 Å². The van der Waals surface area contributed by atoms with Crippen molar-refractivity contribution in [3.8, 4) is 0 Å². The number of sulfonamides is 1. The Labute approximate surface area is 176 Å². The molecule has 1 saturated heterocycles. The second kappa shape index (κ2) is 8.53. The van der Waals surface area contributed by atoms with E-state index in [0.29, 0.717) is 13.1 Å². The lowest BCUT2D eigenvalue weighted by Gasteiger charge is -2.18. The zero-order valence-electron chi connectivity index (χ0n) is 17.3. The molecule has 30 heavy (non-hydrogen) atoms. The van der Waals surface area contributed by atoms with E-state index in [2.05, 4.69) is 31.3 Å². The Morgan fingerprint density at radius 2 is 1.73 bits per heavy atom. The van der Waals surface area contributed by atoms with Crippen LogP contribution in [0.15, 0.2) is 52.5 Å². The normalized spacial score (nSPS) is 15.6. The topological polar surface area (TPSA) is 105 Å². The van der Waals surface area contributed by atoms with Crippen LogP contribution in [0.3, 0.4) is 0 Å². The number of anilines is 1. The number of hydrazone groups is 1. The van der Waals surface area contributed by atoms with Crippen molar-refractivity contribution >= 4 is 27.6 Å². The lowest BCUT2D eigenvalue weighted by molar-refractivity contribution is -0.384. The molecule has 160 valence electrons. The lowest BCUT2D eigenvalue weighted by Crippen LogP contribution is -2.27. The molecule has 1 N–H and O–H groups in total. The van der Waals surface area contributed by atoms with E-state index in [1.165, 1.54) is 22.0 Å². The zero-order valence-corrected chi connectivity index (χ0v) is 18.1. The molecule has 1 heterocycles. The summed E-state index contributed by atoms with van der Waals surface area (Å²) in [5.74, 6) is 0. The van der Waals surface area contributed by atoms with Crippen LogP contribution < -0.4 is 5.43 Å². The summed E-state index contributed by atoms with van der Waals surface area (Å²) < 4.78 is 26.7. The van der Waals surface area contributed by atoms with Gasteiger partial charge in [-0.15, -0.1) is 0 Å². The summed E-state index contributed by atoms with van der Waals surface area (Å²) in [5, 5.41) is 15.6. The molecule has 2 aromatic rings. The van der Waals surface area contributed by atoms with Crippen molar-refractivity contribution < 1.29 is 13.3 Å². The number of rotatable bonds is 6. The second-order valence-corrected chi connectivity index (χ2v) is 10.2. The maximum Gasteiger partial charge on any atom is 0.295 e. The smallest absolute Gasteiger partial charge is 0.272 e. The largest absolute Gasteiger partial charge is 0.295 e. The molecule has 0 radical (unpaired) electrons. The number of hydrogen-bond donors (Lipinski definition) is 1. The molecule has 8 nitrogen and oxygen atoms in total. The molecule has 0 aromatic heterocycles. The van der Waals surface area contributed by atoms with Crippen LogP contribution in [0.5, 0.6) is 0 Å². The van der Waals surface area contributed by atoms with Gasteiger partial charge in [0.25, 0.3) is 5.69 Å². The van der Waals surface area contributed by atoms with Gasteiger partial charge in [0.2, 0.25) is 10.0 Å². The molecule has 0 unspecified atom stereocenters. The van der Waals surface area contributed by atoms with Gasteiger partial charge in [-0.3, -0.25) is 15.5 Å². The van der Waals surface area contributed by atoms with Crippen molar-refractivity contribution in [2.75, 3.05) is 18.5 Å². The fraction of sp³-hybridized carbons (Fsp3) is 0.381. The highest BCUT2D eigenvalue weighted by Crippen LogP contribution is 2.30. The molecule has 1 fully saturated rings. The predicted octanol–water partition coefficient (Wildman–Crippen LogP) is 4.12. The molecule has 2 aromatic carbocycles. The third-order valence-electron chi connectivity index (χ3n) is 5.04. The van der Waals surface area contributed by atoms with Gasteiger partial charge >= 0.3 is 0 Å². The van der Waals surface area contributed by atoms with Crippen LogP contribution in [0.1, 0.15) is 44.7 Å². The van der Waals surface area contributed by atoms with Crippen LogP contribution in [0.4, 0.5) is 11.4 Å². The maximum absolute atomic E-state index is 12.7. The number of nitrogens with zero attached hydrogens (tertiary/aromatic N) is 3. The van der Waals surface area contributed by atoms with Crippen LogP contribution in [0.2, 0.25) is 0 Å². The zero-order chi connectivity index (χ0) is 21.9. The van der Waals surface area contributed by atoms with E-state index >= 15 is 0 Å². The monoisotopic (exact) mass is 430 g/mol. The quantitative estimate of drug-likeness (QED) is 0.422. The Morgan fingerprint density at radius 3 is 2.30 bits per heavy atom. The van der Waals surface area contributed by atoms with Crippen LogP contribution >= 0.6 is 0 Å². The molecule has 1 aliphatic heterocycles. The van der Waals surface area contributed by atoms with E-state index in [1.54, 1.807) is 6.21 Å². The molecule has 0 amide bonds. The van der Waals surface area contributed by atoms with Crippen molar-refractivity contribution in [2.24, 2.45) is 5.10 Å². The second-order valence-electron chi connectivity index (χ2n) is 8.29. The van der Waals surface area contributed by atoms with Crippen LogP contribution in [0.25, 0.3) is 0 Å². The molecule has 0 atom stereocenters. The van der Waals surface area contributed by atoms with Gasteiger partial charge in [-0.1, -0.05) is 45.0 Å². The average Bonchev–Trinajstić information content (AvgIpc) is 3.23. The van der Waals surface area contributed by atoms with E-state index in [4.69, 9.17) is 0 Å². The highest BCUT2D eigenvalue weighted by molar-refractivity contribution is 7.89. The first-order valence-electron chi connectivity index (χ1n) is 9.77. The van der Waals surface area contributed by atoms with Gasteiger partial charge < -0.3 is 0 Å². The van der Waals surface area contributed by atoms with Crippen molar-refractivity contribution in [1.29, 1.82) is 0 Å². The number of nitro benzene ring substituents is 1. The van der Waals surface area contributed by atoms with Crippen LogP contribution in [0, 0.1) is 10.1 Å². The molecule has 0 saturated carbocycles.